The van der Waals surface area contributed by atoms with Crippen molar-refractivity contribution in [3.8, 4) is 0 Å². The van der Waals surface area contributed by atoms with Crippen LogP contribution in [-0.2, 0) is 20.8 Å². The fourth-order valence-corrected chi connectivity index (χ4v) is 2.10. The van der Waals surface area contributed by atoms with Crippen molar-refractivity contribution in [3.05, 3.63) is 17.5 Å². The highest BCUT2D eigenvalue weighted by molar-refractivity contribution is 5.87. The van der Waals surface area contributed by atoms with Gasteiger partial charge in [-0.1, -0.05) is 13.8 Å². The van der Waals surface area contributed by atoms with E-state index in [-0.39, 0.29) is 12.1 Å². The minimum atomic E-state index is -0.572. The average molecular weight is 298 g/mol. The van der Waals surface area contributed by atoms with Gasteiger partial charge in [0.15, 0.2) is 5.79 Å². The predicted molar refractivity (Wildman–Crippen MR) is 79.2 cm³/mol. The number of hydrogen-bond donors (Lipinski definition) is 0. The summed E-state index contributed by atoms with van der Waals surface area (Å²) in [5.41, 5.74) is 1.23. The van der Waals surface area contributed by atoms with Gasteiger partial charge in [-0.15, -0.1) is 0 Å². The average Bonchev–Trinajstić information content (AvgIpc) is 2.95. The van der Waals surface area contributed by atoms with Crippen LogP contribution >= 0.6 is 0 Å². The molecule has 0 amide bonds. The maximum absolute atomic E-state index is 11.8. The number of aromatic nitrogens is 2. The Morgan fingerprint density at radius 2 is 2.19 bits per heavy atom. The summed E-state index contributed by atoms with van der Waals surface area (Å²) in [7, 11) is 0. The highest BCUT2D eigenvalue weighted by Gasteiger charge is 2.33. The molecule has 0 N–H and O–H groups in total. The van der Waals surface area contributed by atoms with Crippen molar-refractivity contribution >= 4 is 5.97 Å². The van der Waals surface area contributed by atoms with Gasteiger partial charge >= 0.3 is 5.97 Å². The van der Waals surface area contributed by atoms with E-state index < -0.39 is 5.79 Å². The summed E-state index contributed by atoms with van der Waals surface area (Å²) in [4.78, 5) is 11.8. The zero-order valence-electron chi connectivity index (χ0n) is 13.8. The summed E-state index contributed by atoms with van der Waals surface area (Å²) in [6.07, 6.45) is -0.109. The first-order chi connectivity index (χ1) is 9.91. The van der Waals surface area contributed by atoms with Gasteiger partial charge in [0.2, 0.25) is 0 Å². The van der Waals surface area contributed by atoms with Crippen molar-refractivity contribution in [2.45, 2.75) is 60.0 Å². The summed E-state index contributed by atoms with van der Waals surface area (Å²) in [6, 6.07) is 1.72. The van der Waals surface area contributed by atoms with E-state index in [1.165, 1.54) is 0 Å². The first-order valence-corrected chi connectivity index (χ1v) is 7.44. The lowest BCUT2D eigenvalue weighted by Gasteiger charge is -2.17. The molecule has 0 radical (unpaired) electrons. The maximum Gasteiger partial charge on any atom is 0.356 e. The van der Waals surface area contributed by atoms with Crippen molar-refractivity contribution in [2.24, 2.45) is 0 Å². The lowest BCUT2D eigenvalue weighted by Crippen LogP contribution is -2.26. The molecule has 1 saturated heterocycles. The van der Waals surface area contributed by atoms with E-state index in [0.717, 1.165) is 5.69 Å². The van der Waals surface area contributed by atoms with E-state index in [1.54, 1.807) is 17.7 Å². The number of ether oxygens (including phenoxy) is 3. The fraction of sp³-hybridized carbons (Fsp3) is 0.733. The van der Waals surface area contributed by atoms with E-state index in [9.17, 15) is 4.79 Å². The Bertz CT molecular complexity index is 468. The van der Waals surface area contributed by atoms with Crippen LogP contribution < -0.4 is 0 Å². The Kier molecular flexibility index (Phi) is 6.36. The standard InChI is InChI=1S/C13H20N2O4.C2H6/c1-5-17-12(16)11-6-9(2)14-15(11)7-10-8-18-13(3,4)19-10;1-2/h6,10H,5,7-8H2,1-4H3;1-2H3. The van der Waals surface area contributed by atoms with Gasteiger partial charge in [-0.3, -0.25) is 4.68 Å². The number of nitrogens with zero attached hydrogens (tertiary/aromatic N) is 2. The Labute approximate surface area is 126 Å². The molecule has 2 heterocycles. The number of aryl methyl sites for hydroxylation is 1. The van der Waals surface area contributed by atoms with Gasteiger partial charge in [0.25, 0.3) is 0 Å². The summed E-state index contributed by atoms with van der Waals surface area (Å²) < 4.78 is 17.9. The summed E-state index contributed by atoms with van der Waals surface area (Å²) in [5.74, 6) is -0.932. The van der Waals surface area contributed by atoms with Crippen LogP contribution in [0.25, 0.3) is 0 Å². The van der Waals surface area contributed by atoms with Gasteiger partial charge in [-0.25, -0.2) is 4.79 Å². The molecule has 0 aromatic carbocycles. The zero-order chi connectivity index (χ0) is 16.0. The second kappa shape index (κ2) is 7.56. The van der Waals surface area contributed by atoms with Crippen LogP contribution in [0.4, 0.5) is 0 Å². The molecule has 6 nitrogen and oxygen atoms in total. The fourth-order valence-electron chi connectivity index (χ4n) is 2.10. The van der Waals surface area contributed by atoms with Crippen LogP contribution in [0.2, 0.25) is 0 Å². The van der Waals surface area contributed by atoms with Crippen molar-refractivity contribution in [3.63, 3.8) is 0 Å². The number of esters is 1. The first kappa shape index (κ1) is 17.7. The minimum Gasteiger partial charge on any atom is -0.461 e. The van der Waals surface area contributed by atoms with Gasteiger partial charge in [0.05, 0.1) is 25.5 Å². The molecule has 1 aliphatic heterocycles. The summed E-state index contributed by atoms with van der Waals surface area (Å²) >= 11 is 0. The Morgan fingerprint density at radius 1 is 1.52 bits per heavy atom. The van der Waals surface area contributed by atoms with E-state index in [4.69, 9.17) is 14.2 Å². The largest absolute Gasteiger partial charge is 0.461 e. The van der Waals surface area contributed by atoms with E-state index in [1.807, 2.05) is 34.6 Å². The third kappa shape index (κ3) is 4.82. The van der Waals surface area contributed by atoms with E-state index in [0.29, 0.717) is 25.5 Å². The maximum atomic E-state index is 11.8. The lowest BCUT2D eigenvalue weighted by atomic mass is 10.3. The van der Waals surface area contributed by atoms with Crippen molar-refractivity contribution in [2.75, 3.05) is 13.2 Å². The molecule has 2 rings (SSSR count). The van der Waals surface area contributed by atoms with Gasteiger partial charge < -0.3 is 14.2 Å². The normalized spacial score (nSPS) is 19.8. The van der Waals surface area contributed by atoms with E-state index in [2.05, 4.69) is 5.10 Å². The van der Waals surface area contributed by atoms with Crippen LogP contribution in [0.1, 0.15) is 50.8 Å². The molecular weight excluding hydrogens is 272 g/mol. The molecular formula is C15H26N2O4. The van der Waals surface area contributed by atoms with Crippen molar-refractivity contribution in [1.29, 1.82) is 0 Å². The monoisotopic (exact) mass is 298 g/mol. The van der Waals surface area contributed by atoms with Gasteiger partial charge in [-0.05, 0) is 33.8 Å². The van der Waals surface area contributed by atoms with Gasteiger partial charge in [0, 0.05) is 0 Å². The number of carbonyl (C=O) groups excluding carboxylic acids is 1. The second-order valence-corrected chi connectivity index (χ2v) is 5.02. The lowest BCUT2D eigenvalue weighted by molar-refractivity contribution is -0.139. The third-order valence-corrected chi connectivity index (χ3v) is 2.83. The SMILES string of the molecule is CC.CCOC(=O)c1cc(C)nn1CC1COC(C)(C)O1. The summed E-state index contributed by atoms with van der Waals surface area (Å²) in [5, 5.41) is 4.31. The van der Waals surface area contributed by atoms with E-state index >= 15 is 0 Å². The predicted octanol–water partition coefficient (Wildman–Crippen LogP) is 2.55. The Hall–Kier alpha value is -1.40. The molecule has 0 aliphatic carbocycles. The number of carbonyl (C=O) groups is 1. The minimum absolute atomic E-state index is 0.109. The molecule has 1 aromatic heterocycles. The molecule has 0 spiro atoms. The highest BCUT2D eigenvalue weighted by atomic mass is 16.7. The Morgan fingerprint density at radius 3 is 2.71 bits per heavy atom. The molecule has 1 atom stereocenters. The third-order valence-electron chi connectivity index (χ3n) is 2.83. The molecule has 1 fully saturated rings. The number of hydrogen-bond acceptors (Lipinski definition) is 5. The molecule has 1 unspecified atom stereocenters. The van der Waals surface area contributed by atoms with Crippen LogP contribution in [0.15, 0.2) is 6.07 Å². The molecule has 0 saturated carbocycles. The molecule has 1 aliphatic rings. The molecule has 21 heavy (non-hydrogen) atoms. The summed E-state index contributed by atoms with van der Waals surface area (Å²) in [6.45, 7) is 12.7. The second-order valence-electron chi connectivity index (χ2n) is 5.02. The van der Waals surface area contributed by atoms with Gasteiger partial charge in [0.1, 0.15) is 11.8 Å². The Balaban J connectivity index is 0.00000106. The quantitative estimate of drug-likeness (QED) is 0.799. The van der Waals surface area contributed by atoms with Crippen LogP contribution in [0.3, 0.4) is 0 Å². The van der Waals surface area contributed by atoms with Crippen molar-refractivity contribution < 1.29 is 19.0 Å². The van der Waals surface area contributed by atoms with Crippen LogP contribution in [-0.4, -0.2) is 40.9 Å². The molecule has 1 aromatic rings. The number of rotatable bonds is 4. The topological polar surface area (TPSA) is 62.6 Å². The molecule has 6 heteroatoms. The smallest absolute Gasteiger partial charge is 0.356 e. The first-order valence-electron chi connectivity index (χ1n) is 7.44. The van der Waals surface area contributed by atoms with Crippen LogP contribution in [0.5, 0.6) is 0 Å². The van der Waals surface area contributed by atoms with Crippen molar-refractivity contribution in [1.82, 2.24) is 9.78 Å². The molecule has 0 bridgehead atoms. The van der Waals surface area contributed by atoms with Gasteiger partial charge in [-0.2, -0.15) is 5.10 Å². The molecule has 120 valence electrons. The highest BCUT2D eigenvalue weighted by Crippen LogP contribution is 2.23. The zero-order valence-corrected chi connectivity index (χ0v) is 13.8. The van der Waals surface area contributed by atoms with Crippen LogP contribution in [0, 0.1) is 6.92 Å².